The quantitative estimate of drug-likeness (QED) is 0.451. The Bertz CT molecular complexity index is 1000. The molecule has 0 radical (unpaired) electrons. The van der Waals surface area contributed by atoms with Crippen LogP contribution in [0.5, 0.6) is 5.75 Å². The van der Waals surface area contributed by atoms with Gasteiger partial charge in [0, 0.05) is 53.8 Å². The van der Waals surface area contributed by atoms with Crippen LogP contribution in [-0.4, -0.2) is 58.9 Å². The first-order valence-corrected chi connectivity index (χ1v) is 12.9. The zero-order chi connectivity index (χ0) is 24.8. The van der Waals surface area contributed by atoms with Crippen molar-refractivity contribution in [1.29, 1.82) is 0 Å². The third-order valence-corrected chi connectivity index (χ3v) is 7.34. The summed E-state index contributed by atoms with van der Waals surface area (Å²) in [5, 5.41) is 13.3. The van der Waals surface area contributed by atoms with E-state index in [2.05, 4.69) is 10.3 Å². The van der Waals surface area contributed by atoms with Crippen molar-refractivity contribution in [3.63, 3.8) is 0 Å². The molecule has 8 heteroatoms. The van der Waals surface area contributed by atoms with Gasteiger partial charge in [0.1, 0.15) is 23.8 Å². The molecule has 7 nitrogen and oxygen atoms in total. The molecule has 1 saturated heterocycles. The minimum atomic E-state index is -0.929. The van der Waals surface area contributed by atoms with Gasteiger partial charge >= 0.3 is 5.97 Å². The number of alkyl halides is 1. The molecule has 0 amide bonds. The number of aryl methyl sites for hydroxylation is 2. The summed E-state index contributed by atoms with van der Waals surface area (Å²) in [5.74, 6) is 0.781. The number of fused-ring (bicyclic) bond motifs is 1. The lowest BCUT2D eigenvalue weighted by molar-refractivity contribution is -0.143. The van der Waals surface area contributed by atoms with E-state index in [1.54, 1.807) is 19.4 Å². The molecule has 0 saturated carbocycles. The molecule has 0 bridgehead atoms. The molecule has 3 atom stereocenters. The number of carboxylic acids is 1. The highest BCUT2D eigenvalue weighted by molar-refractivity contribution is 5.76. The Morgan fingerprint density at radius 2 is 2.26 bits per heavy atom. The van der Waals surface area contributed by atoms with Gasteiger partial charge in [-0.05, 0) is 57.6 Å². The first-order chi connectivity index (χ1) is 17.0. The summed E-state index contributed by atoms with van der Waals surface area (Å²) in [6.45, 7) is 3.95. The van der Waals surface area contributed by atoms with E-state index in [0.29, 0.717) is 32.4 Å². The maximum absolute atomic E-state index is 15.1. The lowest BCUT2D eigenvalue weighted by Gasteiger charge is -2.26. The number of carboxylic acid groups (broad SMARTS) is 1. The van der Waals surface area contributed by atoms with Crippen LogP contribution in [0.1, 0.15) is 67.6 Å². The molecule has 0 aliphatic carbocycles. The SMILES string of the molecule is CCc1ncccc1[C@H](C(=O)O)N1CC[C@@H](C(F)CCCCc2cc(OC)c3c(n2)NCCC3)C1. The fraction of sp³-hybridized carbons (Fsp3) is 0.593. The molecule has 2 aliphatic rings. The molecule has 2 N–H and O–H groups in total. The summed E-state index contributed by atoms with van der Waals surface area (Å²) in [4.78, 5) is 23.1. The van der Waals surface area contributed by atoms with E-state index in [1.807, 2.05) is 24.0 Å². The number of rotatable bonds is 11. The van der Waals surface area contributed by atoms with Crippen LogP contribution < -0.4 is 10.1 Å². The summed E-state index contributed by atoms with van der Waals surface area (Å²) in [6, 6.07) is 4.86. The molecule has 2 aliphatic heterocycles. The summed E-state index contributed by atoms with van der Waals surface area (Å²) < 4.78 is 20.7. The summed E-state index contributed by atoms with van der Waals surface area (Å²) in [7, 11) is 1.69. The smallest absolute Gasteiger partial charge is 0.325 e. The lowest BCUT2D eigenvalue weighted by Crippen LogP contribution is -2.34. The van der Waals surface area contributed by atoms with Crippen molar-refractivity contribution in [2.24, 2.45) is 5.92 Å². The summed E-state index contributed by atoms with van der Waals surface area (Å²) in [6.07, 6.45) is 7.09. The van der Waals surface area contributed by atoms with Crippen LogP contribution in [0.25, 0.3) is 0 Å². The highest BCUT2D eigenvalue weighted by atomic mass is 19.1. The van der Waals surface area contributed by atoms with Crippen LogP contribution in [0.2, 0.25) is 0 Å². The van der Waals surface area contributed by atoms with Gasteiger partial charge in [0.25, 0.3) is 0 Å². The predicted molar refractivity (Wildman–Crippen MR) is 134 cm³/mol. The zero-order valence-electron chi connectivity index (χ0n) is 20.8. The molecule has 4 rings (SSSR count). The molecule has 1 unspecified atom stereocenters. The number of nitrogens with one attached hydrogen (secondary N) is 1. The van der Waals surface area contributed by atoms with Crippen LogP contribution in [0.15, 0.2) is 24.4 Å². The van der Waals surface area contributed by atoms with Crippen molar-refractivity contribution in [2.45, 2.75) is 70.5 Å². The summed E-state index contributed by atoms with van der Waals surface area (Å²) in [5.41, 5.74) is 3.64. The van der Waals surface area contributed by atoms with E-state index in [0.717, 1.165) is 72.7 Å². The van der Waals surface area contributed by atoms with Crippen molar-refractivity contribution in [1.82, 2.24) is 14.9 Å². The minimum absolute atomic E-state index is 0.134. The molecule has 35 heavy (non-hydrogen) atoms. The average Bonchev–Trinajstić information content (AvgIpc) is 3.36. The van der Waals surface area contributed by atoms with Crippen LogP contribution in [0.4, 0.5) is 10.2 Å². The van der Waals surface area contributed by atoms with Crippen LogP contribution >= 0.6 is 0 Å². The van der Waals surface area contributed by atoms with Crippen molar-refractivity contribution in [2.75, 3.05) is 32.1 Å². The fourth-order valence-corrected chi connectivity index (χ4v) is 5.48. The summed E-state index contributed by atoms with van der Waals surface area (Å²) >= 11 is 0. The normalized spacial score (nSPS) is 19.6. The van der Waals surface area contributed by atoms with Gasteiger partial charge in [-0.15, -0.1) is 0 Å². The van der Waals surface area contributed by atoms with Crippen molar-refractivity contribution < 1.29 is 19.0 Å². The predicted octanol–water partition coefficient (Wildman–Crippen LogP) is 4.60. The highest BCUT2D eigenvalue weighted by Gasteiger charge is 2.37. The third kappa shape index (κ3) is 5.92. The number of anilines is 1. The Morgan fingerprint density at radius 1 is 1.40 bits per heavy atom. The van der Waals surface area contributed by atoms with E-state index < -0.39 is 18.2 Å². The zero-order valence-corrected chi connectivity index (χ0v) is 20.8. The number of pyridine rings is 2. The number of halogens is 1. The average molecular weight is 485 g/mol. The standard InChI is InChI=1S/C27H37FN4O3/c1-3-23-20(9-6-13-29-23)25(27(33)34)32-15-12-18(17-32)22(28)11-5-4-8-19-16-24(35-2)21-10-7-14-30-26(21)31-19/h6,9,13,16,18,22,25H,3-5,7-8,10-12,14-15,17H2,1-2H3,(H,30,31)(H,33,34)/t18-,22?,25-/m1/s1. The molecule has 2 aromatic heterocycles. The lowest BCUT2D eigenvalue weighted by atomic mass is 9.97. The van der Waals surface area contributed by atoms with Gasteiger partial charge in [-0.1, -0.05) is 19.4 Å². The Kier molecular flexibility index (Phi) is 8.55. The molecule has 0 aromatic carbocycles. The first-order valence-electron chi connectivity index (χ1n) is 12.9. The molecular weight excluding hydrogens is 447 g/mol. The number of methoxy groups -OCH3 is 1. The number of aliphatic carboxylic acids is 1. The first kappa shape index (κ1) is 25.4. The largest absolute Gasteiger partial charge is 0.496 e. The molecule has 1 fully saturated rings. The Labute approximate surface area is 207 Å². The molecular formula is C27H37FN4O3. The van der Waals surface area contributed by atoms with Gasteiger partial charge in [0.05, 0.1) is 7.11 Å². The Morgan fingerprint density at radius 3 is 3.03 bits per heavy atom. The molecule has 2 aromatic rings. The van der Waals surface area contributed by atoms with Crippen LogP contribution in [0, 0.1) is 5.92 Å². The number of carbonyl (C=O) groups is 1. The van der Waals surface area contributed by atoms with Gasteiger partial charge in [-0.25, -0.2) is 9.37 Å². The van der Waals surface area contributed by atoms with Gasteiger partial charge in [0.2, 0.25) is 0 Å². The van der Waals surface area contributed by atoms with Crippen LogP contribution in [0.3, 0.4) is 0 Å². The number of ether oxygens (including phenoxy) is 1. The monoisotopic (exact) mass is 484 g/mol. The highest BCUT2D eigenvalue weighted by Crippen LogP contribution is 2.34. The fourth-order valence-electron chi connectivity index (χ4n) is 5.48. The number of aromatic nitrogens is 2. The van der Waals surface area contributed by atoms with Gasteiger partial charge in [-0.2, -0.15) is 0 Å². The Hall–Kier alpha value is -2.74. The number of hydrogen-bond donors (Lipinski definition) is 2. The molecule has 4 heterocycles. The van der Waals surface area contributed by atoms with Gasteiger partial charge in [-0.3, -0.25) is 14.7 Å². The minimum Gasteiger partial charge on any atom is -0.496 e. The maximum Gasteiger partial charge on any atom is 0.325 e. The van der Waals surface area contributed by atoms with E-state index in [4.69, 9.17) is 9.72 Å². The van der Waals surface area contributed by atoms with E-state index in [9.17, 15) is 9.90 Å². The Balaban J connectivity index is 1.29. The van der Waals surface area contributed by atoms with Gasteiger partial charge in [0.15, 0.2) is 0 Å². The van der Waals surface area contributed by atoms with E-state index in [-0.39, 0.29) is 5.92 Å². The van der Waals surface area contributed by atoms with E-state index in [1.165, 1.54) is 0 Å². The topological polar surface area (TPSA) is 87.6 Å². The van der Waals surface area contributed by atoms with Crippen molar-refractivity contribution in [3.05, 3.63) is 46.9 Å². The van der Waals surface area contributed by atoms with Crippen molar-refractivity contribution in [3.8, 4) is 5.75 Å². The second-order valence-corrected chi connectivity index (χ2v) is 9.61. The van der Waals surface area contributed by atoms with Crippen LogP contribution in [-0.2, 0) is 24.1 Å². The molecule has 190 valence electrons. The van der Waals surface area contributed by atoms with Gasteiger partial charge < -0.3 is 15.2 Å². The molecule has 0 spiro atoms. The number of nitrogens with zero attached hydrogens (tertiary/aromatic N) is 3. The second-order valence-electron chi connectivity index (χ2n) is 9.61. The number of hydrogen-bond acceptors (Lipinski definition) is 6. The second kappa shape index (κ2) is 11.8. The number of unbranched alkanes of at least 4 members (excludes halogenated alkanes) is 1. The third-order valence-electron chi connectivity index (χ3n) is 7.34. The number of likely N-dealkylation sites (tertiary alicyclic amines) is 1. The van der Waals surface area contributed by atoms with Crippen molar-refractivity contribution >= 4 is 11.8 Å². The van der Waals surface area contributed by atoms with E-state index >= 15 is 4.39 Å². The maximum atomic E-state index is 15.1.